The fourth-order valence-electron chi connectivity index (χ4n) is 2.37. The van der Waals surface area contributed by atoms with Crippen molar-refractivity contribution in [2.24, 2.45) is 10.9 Å². The van der Waals surface area contributed by atoms with E-state index in [1.54, 1.807) is 6.20 Å². The van der Waals surface area contributed by atoms with Crippen molar-refractivity contribution >= 4 is 29.9 Å². The highest BCUT2D eigenvalue weighted by atomic mass is 127. The van der Waals surface area contributed by atoms with Crippen molar-refractivity contribution in [3.8, 4) is 5.75 Å². The molecule has 148 valence electrons. The Morgan fingerprint density at radius 3 is 2.70 bits per heavy atom. The molecule has 2 aromatic rings. The first-order valence-electron chi connectivity index (χ1n) is 9.31. The molecule has 2 rings (SSSR count). The Hall–Kier alpha value is -1.83. The van der Waals surface area contributed by atoms with Crippen molar-refractivity contribution in [2.75, 3.05) is 13.1 Å². The van der Waals surface area contributed by atoms with E-state index in [4.69, 9.17) is 4.74 Å². The molecule has 0 bridgehead atoms. The van der Waals surface area contributed by atoms with E-state index in [0.717, 1.165) is 42.5 Å². The fraction of sp³-hybridized carbons (Fsp3) is 0.429. The maximum absolute atomic E-state index is 5.84. The molecule has 1 aromatic heterocycles. The van der Waals surface area contributed by atoms with E-state index in [-0.39, 0.29) is 24.0 Å². The average molecular weight is 482 g/mol. The van der Waals surface area contributed by atoms with Gasteiger partial charge in [0.05, 0.1) is 12.2 Å². The fourth-order valence-corrected chi connectivity index (χ4v) is 2.37. The molecule has 0 saturated heterocycles. The van der Waals surface area contributed by atoms with Gasteiger partial charge in [0.2, 0.25) is 0 Å². The van der Waals surface area contributed by atoms with Gasteiger partial charge in [0.15, 0.2) is 5.96 Å². The van der Waals surface area contributed by atoms with Crippen LogP contribution in [0.25, 0.3) is 0 Å². The first-order valence-corrected chi connectivity index (χ1v) is 9.31. The predicted molar refractivity (Wildman–Crippen MR) is 123 cm³/mol. The summed E-state index contributed by atoms with van der Waals surface area (Å²) in [5.41, 5.74) is 2.03. The topological polar surface area (TPSA) is 58.5 Å². The van der Waals surface area contributed by atoms with Gasteiger partial charge in [0, 0.05) is 19.3 Å². The van der Waals surface area contributed by atoms with Crippen LogP contribution in [0.15, 0.2) is 53.7 Å². The van der Waals surface area contributed by atoms with Crippen molar-refractivity contribution < 1.29 is 4.74 Å². The number of ether oxygens (including phenoxy) is 1. The van der Waals surface area contributed by atoms with E-state index in [1.165, 1.54) is 0 Å². The maximum Gasteiger partial charge on any atom is 0.191 e. The van der Waals surface area contributed by atoms with Crippen LogP contribution in [-0.2, 0) is 13.2 Å². The number of hydrogen-bond acceptors (Lipinski definition) is 3. The Morgan fingerprint density at radius 2 is 2.00 bits per heavy atom. The monoisotopic (exact) mass is 482 g/mol. The largest absolute Gasteiger partial charge is 0.487 e. The standard InChI is InChI=1S/C21H30N4O.HI/c1-4-22-21(24-13-11-17(2)3)25-15-18-8-7-10-20(14-18)26-16-19-9-5-6-12-23-19;/h5-10,12,14,17H,4,11,13,15-16H2,1-3H3,(H2,22,24,25);1H. The number of pyridine rings is 1. The van der Waals surface area contributed by atoms with Crippen LogP contribution in [-0.4, -0.2) is 24.0 Å². The van der Waals surface area contributed by atoms with Gasteiger partial charge in [0.25, 0.3) is 0 Å². The molecule has 6 heteroatoms. The van der Waals surface area contributed by atoms with Gasteiger partial charge in [-0.05, 0) is 49.1 Å². The number of aromatic nitrogens is 1. The van der Waals surface area contributed by atoms with E-state index in [1.807, 2.05) is 36.4 Å². The van der Waals surface area contributed by atoms with Crippen LogP contribution in [0, 0.1) is 5.92 Å². The Balaban J connectivity index is 0.00000364. The quantitative estimate of drug-likeness (QED) is 0.317. The minimum absolute atomic E-state index is 0. The molecule has 0 amide bonds. The second-order valence-electron chi connectivity index (χ2n) is 6.56. The molecule has 5 nitrogen and oxygen atoms in total. The minimum Gasteiger partial charge on any atom is -0.487 e. The van der Waals surface area contributed by atoms with Crippen LogP contribution in [0.4, 0.5) is 0 Å². The van der Waals surface area contributed by atoms with Gasteiger partial charge in [-0.3, -0.25) is 4.98 Å². The highest BCUT2D eigenvalue weighted by molar-refractivity contribution is 14.0. The first kappa shape index (κ1) is 23.2. The highest BCUT2D eigenvalue weighted by Gasteiger charge is 2.01. The highest BCUT2D eigenvalue weighted by Crippen LogP contribution is 2.15. The SMILES string of the molecule is CCNC(=NCc1cccc(OCc2ccccn2)c1)NCCC(C)C.I. The summed E-state index contributed by atoms with van der Waals surface area (Å²) in [6, 6.07) is 13.9. The molecule has 0 unspecified atom stereocenters. The Morgan fingerprint density at radius 1 is 1.15 bits per heavy atom. The lowest BCUT2D eigenvalue weighted by Gasteiger charge is -2.12. The minimum atomic E-state index is 0. The van der Waals surface area contributed by atoms with Gasteiger partial charge < -0.3 is 15.4 Å². The Labute approximate surface area is 180 Å². The van der Waals surface area contributed by atoms with Crippen LogP contribution in [0.2, 0.25) is 0 Å². The molecule has 1 heterocycles. The van der Waals surface area contributed by atoms with Crippen LogP contribution in [0.5, 0.6) is 5.75 Å². The third kappa shape index (κ3) is 9.60. The summed E-state index contributed by atoms with van der Waals surface area (Å²) in [5.74, 6) is 2.37. The van der Waals surface area contributed by atoms with Crippen molar-refractivity contribution in [1.82, 2.24) is 15.6 Å². The van der Waals surface area contributed by atoms with Crippen LogP contribution >= 0.6 is 24.0 Å². The molecule has 0 atom stereocenters. The summed E-state index contributed by atoms with van der Waals surface area (Å²) in [4.78, 5) is 8.94. The van der Waals surface area contributed by atoms with E-state index >= 15 is 0 Å². The van der Waals surface area contributed by atoms with Crippen LogP contribution in [0.1, 0.15) is 38.4 Å². The number of benzene rings is 1. The van der Waals surface area contributed by atoms with E-state index < -0.39 is 0 Å². The maximum atomic E-state index is 5.84. The molecule has 0 radical (unpaired) electrons. The summed E-state index contributed by atoms with van der Waals surface area (Å²) in [5, 5.41) is 6.67. The van der Waals surface area contributed by atoms with Gasteiger partial charge in [0.1, 0.15) is 12.4 Å². The second kappa shape index (κ2) is 13.4. The summed E-state index contributed by atoms with van der Waals surface area (Å²) >= 11 is 0. The van der Waals surface area contributed by atoms with Gasteiger partial charge >= 0.3 is 0 Å². The summed E-state index contributed by atoms with van der Waals surface area (Å²) < 4.78 is 5.84. The zero-order chi connectivity index (χ0) is 18.6. The van der Waals surface area contributed by atoms with Gasteiger partial charge in [-0.15, -0.1) is 24.0 Å². The number of halogens is 1. The molecule has 0 aliphatic rings. The number of nitrogens with one attached hydrogen (secondary N) is 2. The van der Waals surface area contributed by atoms with Gasteiger partial charge in [-0.1, -0.05) is 32.0 Å². The molecule has 0 fully saturated rings. The van der Waals surface area contributed by atoms with E-state index in [2.05, 4.69) is 47.4 Å². The van der Waals surface area contributed by atoms with Crippen molar-refractivity contribution in [3.05, 3.63) is 59.9 Å². The number of rotatable bonds is 9. The van der Waals surface area contributed by atoms with Crippen molar-refractivity contribution in [1.29, 1.82) is 0 Å². The summed E-state index contributed by atoms with van der Waals surface area (Å²) in [6.45, 7) is 9.37. The smallest absolute Gasteiger partial charge is 0.191 e. The number of aliphatic imine (C=N–C) groups is 1. The molecule has 0 spiro atoms. The van der Waals surface area contributed by atoms with Crippen LogP contribution in [0.3, 0.4) is 0 Å². The summed E-state index contributed by atoms with van der Waals surface area (Å²) in [6.07, 6.45) is 2.90. The molecule has 27 heavy (non-hydrogen) atoms. The number of nitrogens with zero attached hydrogens (tertiary/aromatic N) is 2. The van der Waals surface area contributed by atoms with Crippen molar-refractivity contribution in [2.45, 2.75) is 40.3 Å². The zero-order valence-corrected chi connectivity index (χ0v) is 18.8. The second-order valence-corrected chi connectivity index (χ2v) is 6.56. The van der Waals surface area contributed by atoms with Gasteiger partial charge in [-0.2, -0.15) is 0 Å². The average Bonchev–Trinajstić information content (AvgIpc) is 2.65. The molecule has 0 aliphatic heterocycles. The zero-order valence-electron chi connectivity index (χ0n) is 16.4. The number of guanidine groups is 1. The Kier molecular flexibility index (Phi) is 11.5. The molecule has 1 aromatic carbocycles. The van der Waals surface area contributed by atoms with Crippen LogP contribution < -0.4 is 15.4 Å². The number of hydrogen-bond donors (Lipinski definition) is 2. The van der Waals surface area contributed by atoms with Gasteiger partial charge in [-0.25, -0.2) is 4.99 Å². The van der Waals surface area contributed by atoms with E-state index in [9.17, 15) is 0 Å². The molecule has 0 aliphatic carbocycles. The first-order chi connectivity index (χ1) is 12.7. The van der Waals surface area contributed by atoms with E-state index in [0.29, 0.717) is 19.1 Å². The third-order valence-electron chi connectivity index (χ3n) is 3.79. The predicted octanol–water partition coefficient (Wildman–Crippen LogP) is 4.38. The molecule has 2 N–H and O–H groups in total. The lowest BCUT2D eigenvalue weighted by Crippen LogP contribution is -2.38. The molecular weight excluding hydrogens is 451 g/mol. The lowest BCUT2D eigenvalue weighted by molar-refractivity contribution is 0.301. The molecular formula is C21H31IN4O. The third-order valence-corrected chi connectivity index (χ3v) is 3.79. The lowest BCUT2D eigenvalue weighted by atomic mass is 10.1. The normalized spacial score (nSPS) is 11.0. The molecule has 0 saturated carbocycles. The summed E-state index contributed by atoms with van der Waals surface area (Å²) in [7, 11) is 0. The van der Waals surface area contributed by atoms with Crippen molar-refractivity contribution in [3.63, 3.8) is 0 Å². The Bertz CT molecular complexity index is 677.